The summed E-state index contributed by atoms with van der Waals surface area (Å²) in [5.41, 5.74) is 0.393. The Balaban J connectivity index is 2.14. The number of nitrogens with one attached hydrogen (secondary N) is 1. The van der Waals surface area contributed by atoms with Gasteiger partial charge in [-0.25, -0.2) is 0 Å². The Bertz CT molecular complexity index is 598. The number of ketones is 1. The summed E-state index contributed by atoms with van der Waals surface area (Å²) < 4.78 is 0. The number of anilines is 1. The molecule has 0 saturated heterocycles. The van der Waals surface area contributed by atoms with E-state index in [9.17, 15) is 19.7 Å². The van der Waals surface area contributed by atoms with Gasteiger partial charge in [0.15, 0.2) is 0 Å². The van der Waals surface area contributed by atoms with Gasteiger partial charge in [-0.2, -0.15) is 0 Å². The molecule has 1 heterocycles. The Hall–Kier alpha value is -2.28. The molecule has 1 amide bonds. The molecule has 1 aliphatic rings. The molecular weight excluding hydrogens is 274 g/mol. The van der Waals surface area contributed by atoms with Gasteiger partial charge in [-0.3, -0.25) is 19.7 Å². The van der Waals surface area contributed by atoms with Gasteiger partial charge < -0.3 is 10.2 Å². The van der Waals surface area contributed by atoms with E-state index >= 15 is 0 Å². The first kappa shape index (κ1) is 15.1. The maximum atomic E-state index is 12.0. The topological polar surface area (TPSA) is 92.6 Å². The highest BCUT2D eigenvalue weighted by atomic mass is 16.6. The number of hydrogen-bond acceptors (Lipinski definition) is 5. The summed E-state index contributed by atoms with van der Waals surface area (Å²) in [7, 11) is 0. The Morgan fingerprint density at radius 2 is 2.05 bits per heavy atom. The lowest BCUT2D eigenvalue weighted by atomic mass is 10.1. The van der Waals surface area contributed by atoms with Crippen LogP contribution in [0.25, 0.3) is 0 Å². The third kappa shape index (κ3) is 3.08. The van der Waals surface area contributed by atoms with Crippen LogP contribution in [-0.4, -0.2) is 35.7 Å². The van der Waals surface area contributed by atoms with Crippen molar-refractivity contribution in [3.05, 3.63) is 33.9 Å². The number of Topliss-reactive ketones (excluding diaryl/α,β-unsaturated/α-hetero) is 1. The molecule has 0 fully saturated rings. The molecule has 1 aromatic rings. The van der Waals surface area contributed by atoms with E-state index in [0.717, 1.165) is 6.54 Å². The van der Waals surface area contributed by atoms with Crippen molar-refractivity contribution in [3.8, 4) is 0 Å². The summed E-state index contributed by atoms with van der Waals surface area (Å²) >= 11 is 0. The van der Waals surface area contributed by atoms with E-state index in [1.165, 1.54) is 23.1 Å². The number of rotatable bonds is 6. The van der Waals surface area contributed by atoms with Crippen LogP contribution < -0.4 is 10.2 Å². The van der Waals surface area contributed by atoms with Gasteiger partial charge in [0.1, 0.15) is 0 Å². The molecule has 1 aliphatic heterocycles. The highest BCUT2D eigenvalue weighted by Crippen LogP contribution is 2.31. The number of nitro groups is 1. The standard InChI is InChI=1S/C14H17N3O4/c1-9(2)15-6-3-7-16-12-5-4-10(17(20)21)8-11(12)13(18)14(16)19/h4-5,8-9,15H,3,6-7H2,1-2H3. The van der Waals surface area contributed by atoms with E-state index in [1.54, 1.807) is 0 Å². The number of fused-ring (bicyclic) bond motifs is 1. The number of non-ortho nitro benzene ring substituents is 1. The zero-order valence-corrected chi connectivity index (χ0v) is 12.0. The van der Waals surface area contributed by atoms with Crippen LogP contribution in [0.5, 0.6) is 0 Å². The van der Waals surface area contributed by atoms with Crippen LogP contribution in [0.4, 0.5) is 11.4 Å². The predicted octanol–water partition coefficient (Wildman–Crippen LogP) is 1.51. The van der Waals surface area contributed by atoms with Crippen molar-refractivity contribution in [2.45, 2.75) is 26.3 Å². The Kier molecular flexibility index (Phi) is 4.32. The van der Waals surface area contributed by atoms with E-state index in [4.69, 9.17) is 0 Å². The van der Waals surface area contributed by atoms with Crippen molar-refractivity contribution in [2.75, 3.05) is 18.0 Å². The Morgan fingerprint density at radius 3 is 2.67 bits per heavy atom. The summed E-state index contributed by atoms with van der Waals surface area (Å²) in [5, 5.41) is 14.0. The molecule has 1 aromatic carbocycles. The largest absolute Gasteiger partial charge is 0.314 e. The normalized spacial score (nSPS) is 14.0. The molecule has 0 spiro atoms. The lowest BCUT2D eigenvalue weighted by Gasteiger charge is -2.17. The second-order valence-electron chi connectivity index (χ2n) is 5.21. The lowest BCUT2D eigenvalue weighted by Crippen LogP contribution is -2.33. The van der Waals surface area contributed by atoms with Gasteiger partial charge in [0, 0.05) is 24.7 Å². The first-order chi connectivity index (χ1) is 9.91. The summed E-state index contributed by atoms with van der Waals surface area (Å²) in [6, 6.07) is 4.30. The minimum absolute atomic E-state index is 0.117. The molecule has 1 N–H and O–H groups in total. The van der Waals surface area contributed by atoms with Crippen molar-refractivity contribution < 1.29 is 14.5 Å². The molecule has 0 aliphatic carbocycles. The maximum Gasteiger partial charge on any atom is 0.299 e. The van der Waals surface area contributed by atoms with E-state index in [1.807, 2.05) is 13.8 Å². The van der Waals surface area contributed by atoms with Crippen molar-refractivity contribution in [3.63, 3.8) is 0 Å². The summed E-state index contributed by atoms with van der Waals surface area (Å²) in [5.74, 6) is -1.29. The first-order valence-corrected chi connectivity index (χ1v) is 6.80. The SMILES string of the molecule is CC(C)NCCCN1C(=O)C(=O)c2cc([N+](=O)[O-])ccc21. The lowest BCUT2D eigenvalue weighted by molar-refractivity contribution is -0.384. The van der Waals surface area contributed by atoms with Gasteiger partial charge in [-0.1, -0.05) is 13.8 Å². The van der Waals surface area contributed by atoms with Crippen molar-refractivity contribution in [1.29, 1.82) is 0 Å². The number of carbonyl (C=O) groups excluding carboxylic acids is 2. The number of amides is 1. The first-order valence-electron chi connectivity index (χ1n) is 6.80. The minimum Gasteiger partial charge on any atom is -0.314 e. The number of nitro benzene ring substituents is 1. The molecule has 0 aromatic heterocycles. The number of benzene rings is 1. The monoisotopic (exact) mass is 291 g/mol. The molecule has 7 nitrogen and oxygen atoms in total. The van der Waals surface area contributed by atoms with Gasteiger partial charge in [-0.05, 0) is 19.0 Å². The van der Waals surface area contributed by atoms with Gasteiger partial charge >= 0.3 is 0 Å². The minimum atomic E-state index is -0.675. The zero-order chi connectivity index (χ0) is 15.6. The fourth-order valence-electron chi connectivity index (χ4n) is 2.25. The van der Waals surface area contributed by atoms with Gasteiger partial charge in [0.25, 0.3) is 17.4 Å². The van der Waals surface area contributed by atoms with Crippen LogP contribution in [-0.2, 0) is 4.79 Å². The predicted molar refractivity (Wildman–Crippen MR) is 77.5 cm³/mol. The van der Waals surface area contributed by atoms with Gasteiger partial charge in [0.2, 0.25) is 0 Å². The number of nitrogens with zero attached hydrogens (tertiary/aromatic N) is 2. The Labute approximate surface area is 122 Å². The van der Waals surface area contributed by atoms with Crippen molar-refractivity contribution in [2.24, 2.45) is 0 Å². The summed E-state index contributed by atoms with van der Waals surface area (Å²) in [6.07, 6.45) is 0.702. The number of hydrogen-bond donors (Lipinski definition) is 1. The average molecular weight is 291 g/mol. The molecule has 112 valence electrons. The highest BCUT2D eigenvalue weighted by Gasteiger charge is 2.36. The zero-order valence-electron chi connectivity index (χ0n) is 12.0. The molecule has 0 unspecified atom stereocenters. The molecule has 0 radical (unpaired) electrons. The molecule has 21 heavy (non-hydrogen) atoms. The second kappa shape index (κ2) is 6.01. The Morgan fingerprint density at radius 1 is 1.33 bits per heavy atom. The van der Waals surface area contributed by atoms with Crippen molar-refractivity contribution in [1.82, 2.24) is 5.32 Å². The van der Waals surface area contributed by atoms with Crippen molar-refractivity contribution >= 4 is 23.1 Å². The van der Waals surface area contributed by atoms with E-state index < -0.39 is 16.6 Å². The fourth-order valence-corrected chi connectivity index (χ4v) is 2.25. The van der Waals surface area contributed by atoms with Crippen LogP contribution in [0.2, 0.25) is 0 Å². The van der Waals surface area contributed by atoms with Gasteiger partial charge in [-0.15, -0.1) is 0 Å². The molecule has 0 bridgehead atoms. The summed E-state index contributed by atoms with van der Waals surface area (Å²) in [6.45, 7) is 5.20. The third-order valence-electron chi connectivity index (χ3n) is 3.28. The second-order valence-corrected chi connectivity index (χ2v) is 5.21. The fraction of sp³-hybridized carbons (Fsp3) is 0.429. The van der Waals surface area contributed by atoms with Crippen LogP contribution in [0.15, 0.2) is 18.2 Å². The van der Waals surface area contributed by atoms with E-state index in [2.05, 4.69) is 5.32 Å². The molecule has 0 saturated carbocycles. The van der Waals surface area contributed by atoms with E-state index in [0.29, 0.717) is 24.7 Å². The van der Waals surface area contributed by atoms with Crippen LogP contribution in [0.1, 0.15) is 30.6 Å². The van der Waals surface area contributed by atoms with Crippen LogP contribution in [0.3, 0.4) is 0 Å². The summed E-state index contributed by atoms with van der Waals surface area (Å²) in [4.78, 5) is 35.4. The van der Waals surface area contributed by atoms with E-state index in [-0.39, 0.29) is 11.3 Å². The molecule has 2 rings (SSSR count). The maximum absolute atomic E-state index is 12.0. The molecular formula is C14H17N3O4. The number of carbonyl (C=O) groups is 2. The molecule has 0 atom stereocenters. The van der Waals surface area contributed by atoms with Gasteiger partial charge in [0.05, 0.1) is 16.2 Å². The smallest absolute Gasteiger partial charge is 0.299 e. The molecule has 7 heteroatoms. The quantitative estimate of drug-likeness (QED) is 0.371. The highest BCUT2D eigenvalue weighted by molar-refractivity contribution is 6.52. The van der Waals surface area contributed by atoms with Crippen LogP contribution in [0, 0.1) is 10.1 Å². The third-order valence-corrected chi connectivity index (χ3v) is 3.28. The average Bonchev–Trinajstić information content (AvgIpc) is 2.67. The van der Waals surface area contributed by atoms with Crippen LogP contribution >= 0.6 is 0 Å².